The zero-order chi connectivity index (χ0) is 19.1. The normalized spacial score (nSPS) is 12.2. The van der Waals surface area contributed by atoms with Crippen molar-refractivity contribution in [2.75, 3.05) is 6.61 Å². The summed E-state index contributed by atoms with van der Waals surface area (Å²) in [5, 5.41) is 0.631. The molecule has 1 aliphatic rings. The van der Waals surface area contributed by atoms with Crippen molar-refractivity contribution in [3.8, 4) is 16.9 Å². The van der Waals surface area contributed by atoms with Gasteiger partial charge in [-0.25, -0.2) is 19.7 Å². The van der Waals surface area contributed by atoms with E-state index in [9.17, 15) is 4.79 Å². The molecule has 27 heavy (non-hydrogen) atoms. The Balaban J connectivity index is 2.04. The molecule has 0 spiro atoms. The van der Waals surface area contributed by atoms with E-state index in [0.29, 0.717) is 23.7 Å². The summed E-state index contributed by atoms with van der Waals surface area (Å²) in [6, 6.07) is 5.67. The van der Waals surface area contributed by atoms with E-state index in [1.54, 1.807) is 6.92 Å². The maximum absolute atomic E-state index is 12.5. The lowest BCUT2D eigenvalue weighted by atomic mass is 10.0. The van der Waals surface area contributed by atoms with E-state index < -0.39 is 5.97 Å². The Hall–Kier alpha value is -2.73. The van der Waals surface area contributed by atoms with Crippen LogP contribution in [0.15, 0.2) is 30.7 Å². The van der Waals surface area contributed by atoms with Crippen LogP contribution in [-0.2, 0) is 11.2 Å². The standard InChI is InChI=1S/C20H19ClN4O2/c1-4-27-20(26)18-15-8-13-9-22-19(11(2)3)25(13)16-7-12(21)5-6-14(16)17(15)23-10-24-18/h5-7,9-11H,4,8H2,1-3H3. The fraction of sp³-hybridized carbons (Fsp3) is 0.300. The highest BCUT2D eigenvalue weighted by Crippen LogP contribution is 2.38. The molecule has 1 aromatic carbocycles. The van der Waals surface area contributed by atoms with Crippen LogP contribution < -0.4 is 0 Å². The van der Waals surface area contributed by atoms with Crippen LogP contribution in [0.25, 0.3) is 16.9 Å². The molecule has 0 N–H and O–H groups in total. The first-order chi connectivity index (χ1) is 13.0. The maximum Gasteiger partial charge on any atom is 0.357 e. The van der Waals surface area contributed by atoms with Gasteiger partial charge in [0, 0.05) is 40.4 Å². The zero-order valence-corrected chi connectivity index (χ0v) is 16.1. The Morgan fingerprint density at radius 2 is 2.11 bits per heavy atom. The topological polar surface area (TPSA) is 69.9 Å². The maximum atomic E-state index is 12.5. The molecule has 4 rings (SSSR count). The summed E-state index contributed by atoms with van der Waals surface area (Å²) in [6.45, 7) is 6.27. The van der Waals surface area contributed by atoms with Crippen LogP contribution in [0.1, 0.15) is 54.3 Å². The molecule has 3 aromatic rings. The Kier molecular flexibility index (Phi) is 4.44. The van der Waals surface area contributed by atoms with Crippen LogP contribution in [0.4, 0.5) is 0 Å². The monoisotopic (exact) mass is 382 g/mol. The van der Waals surface area contributed by atoms with Gasteiger partial charge >= 0.3 is 5.97 Å². The number of ether oxygens (including phenoxy) is 1. The van der Waals surface area contributed by atoms with E-state index in [1.165, 1.54) is 6.33 Å². The first-order valence-electron chi connectivity index (χ1n) is 8.89. The fourth-order valence-corrected chi connectivity index (χ4v) is 3.64. The summed E-state index contributed by atoms with van der Waals surface area (Å²) in [5.41, 5.74) is 4.52. The predicted molar refractivity (Wildman–Crippen MR) is 102 cm³/mol. The van der Waals surface area contributed by atoms with E-state index in [0.717, 1.165) is 34.0 Å². The summed E-state index contributed by atoms with van der Waals surface area (Å²) in [4.78, 5) is 25.8. The van der Waals surface area contributed by atoms with Gasteiger partial charge in [-0.3, -0.25) is 4.57 Å². The van der Waals surface area contributed by atoms with Gasteiger partial charge in [0.05, 0.1) is 18.0 Å². The quantitative estimate of drug-likeness (QED) is 0.497. The summed E-state index contributed by atoms with van der Waals surface area (Å²) < 4.78 is 7.31. The van der Waals surface area contributed by atoms with Gasteiger partial charge in [-0.1, -0.05) is 25.4 Å². The van der Waals surface area contributed by atoms with Crippen LogP contribution in [0.5, 0.6) is 0 Å². The van der Waals surface area contributed by atoms with Gasteiger partial charge in [-0.05, 0) is 25.1 Å². The molecular formula is C20H19ClN4O2. The predicted octanol–water partition coefficient (Wildman–Crippen LogP) is 4.19. The van der Waals surface area contributed by atoms with Crippen LogP contribution >= 0.6 is 11.6 Å². The Morgan fingerprint density at radius 3 is 2.85 bits per heavy atom. The molecule has 1 aliphatic heterocycles. The third-order valence-electron chi connectivity index (χ3n) is 4.61. The number of aromatic nitrogens is 4. The fourth-order valence-electron chi connectivity index (χ4n) is 3.47. The number of carbonyl (C=O) groups is 1. The Labute approximate surface area is 162 Å². The van der Waals surface area contributed by atoms with Gasteiger partial charge in [0.2, 0.25) is 0 Å². The van der Waals surface area contributed by atoms with Crippen molar-refractivity contribution in [1.29, 1.82) is 0 Å². The van der Waals surface area contributed by atoms with Gasteiger partial charge < -0.3 is 4.74 Å². The smallest absolute Gasteiger partial charge is 0.357 e. The number of esters is 1. The molecule has 7 heteroatoms. The lowest BCUT2D eigenvalue weighted by Gasteiger charge is -2.15. The number of halogens is 1. The molecule has 0 radical (unpaired) electrons. The molecule has 2 aromatic heterocycles. The highest BCUT2D eigenvalue weighted by atomic mass is 35.5. The number of rotatable bonds is 3. The average Bonchev–Trinajstić information content (AvgIpc) is 3.00. The van der Waals surface area contributed by atoms with Crippen molar-refractivity contribution in [3.05, 3.63) is 58.5 Å². The third-order valence-corrected chi connectivity index (χ3v) is 4.84. The van der Waals surface area contributed by atoms with Crippen molar-refractivity contribution in [2.24, 2.45) is 0 Å². The largest absolute Gasteiger partial charge is 0.461 e. The molecule has 0 saturated carbocycles. The molecule has 0 fully saturated rings. The summed E-state index contributed by atoms with van der Waals surface area (Å²) in [7, 11) is 0. The number of hydrogen-bond donors (Lipinski definition) is 0. The zero-order valence-electron chi connectivity index (χ0n) is 15.4. The average molecular weight is 383 g/mol. The SMILES string of the molecule is CCOC(=O)c1ncnc2c1Cc1cnc(C(C)C)n1-c1cc(Cl)ccc1-2. The second kappa shape index (κ2) is 6.78. The molecule has 0 unspecified atom stereocenters. The van der Waals surface area contributed by atoms with E-state index in [1.807, 2.05) is 24.4 Å². The highest BCUT2D eigenvalue weighted by Gasteiger charge is 2.28. The number of nitrogens with zero attached hydrogens (tertiary/aromatic N) is 4. The Bertz CT molecular complexity index is 1040. The van der Waals surface area contributed by atoms with Crippen molar-refractivity contribution in [3.63, 3.8) is 0 Å². The van der Waals surface area contributed by atoms with Gasteiger partial charge in [0.1, 0.15) is 12.2 Å². The van der Waals surface area contributed by atoms with Crippen molar-refractivity contribution >= 4 is 17.6 Å². The van der Waals surface area contributed by atoms with Gasteiger partial charge in [0.15, 0.2) is 5.69 Å². The number of carbonyl (C=O) groups excluding carboxylic acids is 1. The summed E-state index contributed by atoms with van der Waals surface area (Å²) in [6.07, 6.45) is 3.74. The molecule has 3 heterocycles. The van der Waals surface area contributed by atoms with Gasteiger partial charge in [-0.15, -0.1) is 0 Å². The second-order valence-corrected chi connectivity index (χ2v) is 7.14. The van der Waals surface area contributed by atoms with Crippen LogP contribution in [-0.4, -0.2) is 32.1 Å². The van der Waals surface area contributed by atoms with E-state index in [-0.39, 0.29) is 5.92 Å². The minimum Gasteiger partial charge on any atom is -0.461 e. The van der Waals surface area contributed by atoms with Gasteiger partial charge in [-0.2, -0.15) is 0 Å². The van der Waals surface area contributed by atoms with E-state index in [2.05, 4.69) is 33.4 Å². The van der Waals surface area contributed by atoms with E-state index in [4.69, 9.17) is 16.3 Å². The van der Waals surface area contributed by atoms with Crippen LogP contribution in [0.3, 0.4) is 0 Å². The molecule has 0 amide bonds. The molecule has 138 valence electrons. The van der Waals surface area contributed by atoms with Crippen molar-refractivity contribution < 1.29 is 9.53 Å². The molecule has 6 nitrogen and oxygen atoms in total. The van der Waals surface area contributed by atoms with E-state index >= 15 is 0 Å². The molecule has 0 bridgehead atoms. The summed E-state index contributed by atoms with van der Waals surface area (Å²) in [5.74, 6) is 0.720. The summed E-state index contributed by atoms with van der Waals surface area (Å²) >= 11 is 6.30. The highest BCUT2D eigenvalue weighted by molar-refractivity contribution is 6.30. The Morgan fingerprint density at radius 1 is 1.30 bits per heavy atom. The number of hydrogen-bond acceptors (Lipinski definition) is 5. The lowest BCUT2D eigenvalue weighted by molar-refractivity contribution is 0.0518. The van der Waals surface area contributed by atoms with Crippen molar-refractivity contribution in [2.45, 2.75) is 33.1 Å². The van der Waals surface area contributed by atoms with Crippen LogP contribution in [0.2, 0.25) is 5.02 Å². The van der Waals surface area contributed by atoms with Gasteiger partial charge in [0.25, 0.3) is 0 Å². The minimum atomic E-state index is -0.441. The lowest BCUT2D eigenvalue weighted by Crippen LogP contribution is -2.13. The molecule has 0 saturated heterocycles. The third kappa shape index (κ3) is 2.90. The minimum absolute atomic E-state index is 0.224. The number of benzene rings is 1. The van der Waals surface area contributed by atoms with Crippen molar-refractivity contribution in [1.82, 2.24) is 19.5 Å². The molecule has 0 aliphatic carbocycles. The van der Waals surface area contributed by atoms with Crippen LogP contribution in [0, 0.1) is 0 Å². The molecular weight excluding hydrogens is 364 g/mol. The first kappa shape index (κ1) is 17.7. The second-order valence-electron chi connectivity index (χ2n) is 6.71. The number of imidazole rings is 1. The molecule has 0 atom stereocenters. The number of fused-ring (bicyclic) bond motifs is 5. The first-order valence-corrected chi connectivity index (χ1v) is 9.26.